The Morgan fingerprint density at radius 2 is 1.80 bits per heavy atom. The van der Waals surface area contributed by atoms with E-state index in [0.29, 0.717) is 18.8 Å². The van der Waals surface area contributed by atoms with Crippen molar-refractivity contribution < 1.29 is 45.4 Å². The molecule has 5 nitrogen and oxygen atoms in total. The van der Waals surface area contributed by atoms with Crippen molar-refractivity contribution in [3.63, 3.8) is 0 Å². The molecule has 0 unspecified atom stereocenters. The van der Waals surface area contributed by atoms with Gasteiger partial charge in [-0.15, -0.1) is 13.2 Å². The SMILES string of the molecule is CCOC(=O)CCc1ccc(OCc2cc(OC(F)(F)F)cc3cc(CC(F)F)oc23)c(C)c1C. The monoisotopic (exact) mass is 500 g/mol. The Balaban J connectivity index is 1.84. The predicted octanol–water partition coefficient (Wildman–Crippen LogP) is 6.83. The van der Waals surface area contributed by atoms with Crippen LogP contribution in [0.15, 0.2) is 34.7 Å². The van der Waals surface area contributed by atoms with Gasteiger partial charge in [0.1, 0.15) is 29.4 Å². The molecule has 1 aromatic heterocycles. The number of furan rings is 1. The summed E-state index contributed by atoms with van der Waals surface area (Å²) in [6.45, 7) is 5.56. The molecule has 0 radical (unpaired) electrons. The zero-order chi connectivity index (χ0) is 25.8. The molecule has 0 saturated carbocycles. The number of carbonyl (C=O) groups excluding carboxylic acids is 1. The van der Waals surface area contributed by atoms with E-state index < -0.39 is 25.0 Å². The number of benzene rings is 2. The molecular formula is C25H25F5O5. The standard InChI is InChI=1S/C25H25F5O5/c1-4-32-23(31)8-6-16-5-7-21(15(3)14(16)2)33-13-18-11-20(35-25(28,29)30)10-17-9-19(12-22(26)27)34-24(17)18/h5,7,9-11,22H,4,6,8,12-13H2,1-3H3. The van der Waals surface area contributed by atoms with Gasteiger partial charge < -0.3 is 18.6 Å². The zero-order valence-electron chi connectivity index (χ0n) is 19.4. The maximum absolute atomic E-state index is 12.8. The Hall–Kier alpha value is -3.30. The second-order valence-electron chi connectivity index (χ2n) is 7.92. The molecule has 0 aliphatic carbocycles. The number of aryl methyl sites for hydroxylation is 1. The number of rotatable bonds is 10. The number of alkyl halides is 5. The maximum Gasteiger partial charge on any atom is 0.573 e. The summed E-state index contributed by atoms with van der Waals surface area (Å²) in [6.07, 6.45) is -7.54. The fourth-order valence-corrected chi connectivity index (χ4v) is 3.71. The summed E-state index contributed by atoms with van der Waals surface area (Å²) in [4.78, 5) is 11.6. The van der Waals surface area contributed by atoms with Crippen LogP contribution in [-0.4, -0.2) is 25.4 Å². The average Bonchev–Trinajstić information content (AvgIpc) is 3.14. The molecule has 0 atom stereocenters. The second kappa shape index (κ2) is 11.0. The van der Waals surface area contributed by atoms with Crippen LogP contribution in [0, 0.1) is 13.8 Å². The first-order valence-corrected chi connectivity index (χ1v) is 10.9. The van der Waals surface area contributed by atoms with Crippen LogP contribution >= 0.6 is 0 Å². The van der Waals surface area contributed by atoms with E-state index in [0.717, 1.165) is 28.8 Å². The Kier molecular flexibility index (Phi) is 8.24. The third-order valence-corrected chi connectivity index (χ3v) is 5.44. The molecule has 190 valence electrons. The molecule has 0 aliphatic rings. The highest BCUT2D eigenvalue weighted by Gasteiger charge is 2.31. The van der Waals surface area contributed by atoms with E-state index in [2.05, 4.69) is 4.74 Å². The summed E-state index contributed by atoms with van der Waals surface area (Å²) in [5.41, 5.74) is 3.00. The lowest BCUT2D eigenvalue weighted by Gasteiger charge is -2.15. The normalized spacial score (nSPS) is 11.8. The Morgan fingerprint density at radius 1 is 1.06 bits per heavy atom. The van der Waals surface area contributed by atoms with Crippen LogP contribution in [-0.2, 0) is 29.0 Å². The van der Waals surface area contributed by atoms with Crippen molar-refractivity contribution >= 4 is 16.9 Å². The van der Waals surface area contributed by atoms with Gasteiger partial charge >= 0.3 is 12.3 Å². The largest absolute Gasteiger partial charge is 0.573 e. The molecule has 0 N–H and O–H groups in total. The number of fused-ring (bicyclic) bond motifs is 1. The minimum absolute atomic E-state index is 0.0570. The zero-order valence-corrected chi connectivity index (χ0v) is 19.4. The number of esters is 1. The van der Waals surface area contributed by atoms with Crippen LogP contribution in [0.25, 0.3) is 11.0 Å². The van der Waals surface area contributed by atoms with Gasteiger partial charge in [-0.3, -0.25) is 4.79 Å². The van der Waals surface area contributed by atoms with Crippen LogP contribution in [0.3, 0.4) is 0 Å². The fourth-order valence-electron chi connectivity index (χ4n) is 3.71. The van der Waals surface area contributed by atoms with Crippen molar-refractivity contribution in [3.8, 4) is 11.5 Å². The summed E-state index contributed by atoms with van der Waals surface area (Å²) in [6, 6.07) is 6.98. The van der Waals surface area contributed by atoms with Crippen LogP contribution in [0.5, 0.6) is 11.5 Å². The van der Waals surface area contributed by atoms with Gasteiger partial charge in [0.2, 0.25) is 6.43 Å². The van der Waals surface area contributed by atoms with Crippen molar-refractivity contribution in [1.29, 1.82) is 0 Å². The number of hydrogen-bond donors (Lipinski definition) is 0. The Labute approximate surface area is 198 Å². The lowest BCUT2D eigenvalue weighted by Crippen LogP contribution is -2.17. The molecule has 0 spiro atoms. The van der Waals surface area contributed by atoms with E-state index in [1.54, 1.807) is 13.0 Å². The quantitative estimate of drug-likeness (QED) is 0.226. The van der Waals surface area contributed by atoms with E-state index >= 15 is 0 Å². The van der Waals surface area contributed by atoms with Gasteiger partial charge in [0, 0.05) is 17.4 Å². The van der Waals surface area contributed by atoms with Gasteiger partial charge in [-0.2, -0.15) is 0 Å². The molecule has 1 heterocycles. The Morgan fingerprint density at radius 3 is 2.46 bits per heavy atom. The van der Waals surface area contributed by atoms with Gasteiger partial charge in [-0.05, 0) is 68.1 Å². The molecular weight excluding hydrogens is 475 g/mol. The first-order chi connectivity index (χ1) is 16.5. The fraction of sp³-hybridized carbons (Fsp3) is 0.400. The van der Waals surface area contributed by atoms with Crippen molar-refractivity contribution in [2.24, 2.45) is 0 Å². The number of halogens is 5. The van der Waals surface area contributed by atoms with Gasteiger partial charge in [0.25, 0.3) is 0 Å². The lowest BCUT2D eigenvalue weighted by atomic mass is 9.99. The number of hydrogen-bond acceptors (Lipinski definition) is 5. The topological polar surface area (TPSA) is 57.9 Å². The number of carbonyl (C=O) groups is 1. The van der Waals surface area contributed by atoms with E-state index in [-0.39, 0.29) is 41.3 Å². The molecule has 0 saturated heterocycles. The lowest BCUT2D eigenvalue weighted by molar-refractivity contribution is -0.274. The smallest absolute Gasteiger partial charge is 0.488 e. The Bertz CT molecular complexity index is 1180. The van der Waals surface area contributed by atoms with E-state index in [1.807, 2.05) is 19.9 Å². The van der Waals surface area contributed by atoms with Crippen LogP contribution in [0.1, 0.15) is 41.4 Å². The second-order valence-corrected chi connectivity index (χ2v) is 7.92. The van der Waals surface area contributed by atoms with Gasteiger partial charge in [0.05, 0.1) is 13.0 Å². The summed E-state index contributed by atoms with van der Waals surface area (Å²) < 4.78 is 84.3. The number of ether oxygens (including phenoxy) is 3. The summed E-state index contributed by atoms with van der Waals surface area (Å²) in [5, 5.41) is 0.197. The summed E-state index contributed by atoms with van der Waals surface area (Å²) in [5.74, 6) is -0.370. The first kappa shape index (κ1) is 26.3. The molecule has 10 heteroatoms. The van der Waals surface area contributed by atoms with Crippen LogP contribution in [0.2, 0.25) is 0 Å². The van der Waals surface area contributed by atoms with E-state index in [1.165, 1.54) is 6.07 Å². The minimum Gasteiger partial charge on any atom is -0.488 e. The van der Waals surface area contributed by atoms with Crippen molar-refractivity contribution in [2.75, 3.05) is 6.61 Å². The van der Waals surface area contributed by atoms with Gasteiger partial charge in [0.15, 0.2) is 0 Å². The first-order valence-electron chi connectivity index (χ1n) is 10.9. The minimum atomic E-state index is -4.92. The highest BCUT2D eigenvalue weighted by atomic mass is 19.4. The van der Waals surface area contributed by atoms with Crippen molar-refractivity contribution in [1.82, 2.24) is 0 Å². The molecule has 0 fully saturated rings. The van der Waals surface area contributed by atoms with Crippen molar-refractivity contribution in [2.45, 2.75) is 59.4 Å². The highest BCUT2D eigenvalue weighted by Crippen LogP contribution is 2.33. The highest BCUT2D eigenvalue weighted by molar-refractivity contribution is 5.83. The van der Waals surface area contributed by atoms with Crippen LogP contribution in [0.4, 0.5) is 22.0 Å². The van der Waals surface area contributed by atoms with Gasteiger partial charge in [-0.1, -0.05) is 6.07 Å². The molecule has 0 aliphatic heterocycles. The molecule has 35 heavy (non-hydrogen) atoms. The molecule has 3 rings (SSSR count). The summed E-state index contributed by atoms with van der Waals surface area (Å²) >= 11 is 0. The van der Waals surface area contributed by atoms with Gasteiger partial charge in [-0.25, -0.2) is 8.78 Å². The summed E-state index contributed by atoms with van der Waals surface area (Å²) in [7, 11) is 0. The maximum atomic E-state index is 12.8. The predicted molar refractivity (Wildman–Crippen MR) is 118 cm³/mol. The molecule has 2 aromatic carbocycles. The van der Waals surface area contributed by atoms with E-state index in [9.17, 15) is 26.7 Å². The third kappa shape index (κ3) is 7.10. The molecule has 0 bridgehead atoms. The molecule has 3 aromatic rings. The average molecular weight is 500 g/mol. The third-order valence-electron chi connectivity index (χ3n) is 5.44. The van der Waals surface area contributed by atoms with E-state index in [4.69, 9.17) is 13.9 Å². The molecule has 0 amide bonds. The van der Waals surface area contributed by atoms with Crippen LogP contribution < -0.4 is 9.47 Å². The van der Waals surface area contributed by atoms with Crippen molar-refractivity contribution in [3.05, 3.63) is 58.3 Å².